The number of anilines is 1. The fourth-order valence-electron chi connectivity index (χ4n) is 3.46. The van der Waals surface area contributed by atoms with E-state index in [0.29, 0.717) is 31.0 Å². The highest BCUT2D eigenvalue weighted by molar-refractivity contribution is 7.17. The van der Waals surface area contributed by atoms with Crippen LogP contribution in [0.5, 0.6) is 0 Å². The van der Waals surface area contributed by atoms with Crippen LogP contribution in [0.15, 0.2) is 48.5 Å². The van der Waals surface area contributed by atoms with E-state index in [9.17, 15) is 9.18 Å². The molecule has 0 bridgehead atoms. The number of hydrogen-bond acceptors (Lipinski definition) is 4. The first-order valence-corrected chi connectivity index (χ1v) is 10.1. The number of halogens is 1. The summed E-state index contributed by atoms with van der Waals surface area (Å²) in [6.45, 7) is 3.11. The fourth-order valence-corrected chi connectivity index (χ4v) is 4.57. The highest BCUT2D eigenvalue weighted by Crippen LogP contribution is 2.30. The number of urea groups is 1. The summed E-state index contributed by atoms with van der Waals surface area (Å²) in [4.78, 5) is 20.9. The third-order valence-corrected chi connectivity index (χ3v) is 6.05. The van der Waals surface area contributed by atoms with Crippen LogP contribution in [0.25, 0.3) is 16.3 Å². The summed E-state index contributed by atoms with van der Waals surface area (Å²) in [7, 11) is 0. The van der Waals surface area contributed by atoms with Crippen LogP contribution < -0.4 is 5.32 Å². The van der Waals surface area contributed by atoms with Gasteiger partial charge in [-0.05, 0) is 25.1 Å². The van der Waals surface area contributed by atoms with Crippen LogP contribution in [0.4, 0.5) is 14.9 Å². The molecule has 1 aliphatic rings. The molecule has 29 heavy (non-hydrogen) atoms. The van der Waals surface area contributed by atoms with Gasteiger partial charge in [0.15, 0.2) is 5.82 Å². The minimum absolute atomic E-state index is 0.236. The smallest absolute Gasteiger partial charge is 0.319 e. The topological polar surface area (TPSA) is 62.5 Å². The molecule has 146 valence electrons. The first-order chi connectivity index (χ1) is 14.1. The van der Waals surface area contributed by atoms with Crippen LogP contribution in [0.1, 0.15) is 16.1 Å². The second-order valence-corrected chi connectivity index (χ2v) is 8.14. The molecule has 0 fully saturated rings. The zero-order valence-corrected chi connectivity index (χ0v) is 16.5. The molecule has 5 rings (SSSR count). The number of carbonyl (C=O) groups excluding carboxylic acids is 1. The molecule has 2 aromatic carbocycles. The number of carbonyl (C=O) groups is 1. The van der Waals surface area contributed by atoms with Crippen molar-refractivity contribution in [1.29, 1.82) is 0 Å². The van der Waals surface area contributed by atoms with Crippen LogP contribution in [0.2, 0.25) is 0 Å². The van der Waals surface area contributed by atoms with Gasteiger partial charge in [0, 0.05) is 29.1 Å². The summed E-state index contributed by atoms with van der Waals surface area (Å²) in [5.74, 6) is 0.337. The van der Waals surface area contributed by atoms with Gasteiger partial charge < -0.3 is 10.2 Å². The summed E-state index contributed by atoms with van der Waals surface area (Å²) >= 11 is 1.56. The lowest BCUT2D eigenvalue weighted by atomic mass is 10.1. The zero-order chi connectivity index (χ0) is 20.0. The molecular formula is C21H18FN5OS. The Morgan fingerprint density at radius 2 is 2.03 bits per heavy atom. The Morgan fingerprint density at radius 1 is 1.21 bits per heavy atom. The molecule has 2 aromatic heterocycles. The zero-order valence-electron chi connectivity index (χ0n) is 15.7. The van der Waals surface area contributed by atoms with Crippen molar-refractivity contribution < 1.29 is 9.18 Å². The van der Waals surface area contributed by atoms with Gasteiger partial charge in [-0.3, -0.25) is 0 Å². The average molecular weight is 407 g/mol. The van der Waals surface area contributed by atoms with E-state index < -0.39 is 0 Å². The summed E-state index contributed by atoms with van der Waals surface area (Å²) < 4.78 is 15.2. The van der Waals surface area contributed by atoms with Gasteiger partial charge >= 0.3 is 6.03 Å². The molecule has 0 radical (unpaired) electrons. The van der Waals surface area contributed by atoms with E-state index in [0.717, 1.165) is 21.1 Å². The van der Waals surface area contributed by atoms with Crippen molar-refractivity contribution in [2.45, 2.75) is 19.9 Å². The normalized spacial score (nSPS) is 13.5. The number of hydrogen-bond donors (Lipinski definition) is 1. The van der Waals surface area contributed by atoms with Gasteiger partial charge in [-0.1, -0.05) is 47.2 Å². The molecule has 0 atom stereocenters. The third kappa shape index (κ3) is 3.36. The molecular weight excluding hydrogens is 389 g/mol. The van der Waals surface area contributed by atoms with Gasteiger partial charge in [0.1, 0.15) is 5.82 Å². The standard InChI is InChI=1S/C21H18FN5OS/c1-13-5-7-14(8-6-13)19-24-21-27(25-19)17-9-10-26(12-18(17)29-21)20(28)23-16-4-2-3-15(22)11-16/h2-8,11H,9-10,12H2,1H3,(H,23,28). The number of benzene rings is 2. The summed E-state index contributed by atoms with van der Waals surface area (Å²) in [5, 5.41) is 7.45. The summed E-state index contributed by atoms with van der Waals surface area (Å²) in [6, 6.07) is 13.8. The van der Waals surface area contributed by atoms with Crippen molar-refractivity contribution >= 4 is 28.0 Å². The molecule has 8 heteroatoms. The molecule has 0 aliphatic carbocycles. The van der Waals surface area contributed by atoms with E-state index in [4.69, 9.17) is 0 Å². The number of thiazole rings is 1. The predicted octanol–water partition coefficient (Wildman–Crippen LogP) is 4.50. The molecule has 1 aliphatic heterocycles. The quantitative estimate of drug-likeness (QED) is 0.532. The van der Waals surface area contributed by atoms with Gasteiger partial charge in [0.25, 0.3) is 0 Å². The number of nitrogens with zero attached hydrogens (tertiary/aromatic N) is 4. The fraction of sp³-hybridized carbons (Fsp3) is 0.190. The maximum Gasteiger partial charge on any atom is 0.322 e. The van der Waals surface area contributed by atoms with E-state index in [1.807, 2.05) is 16.6 Å². The summed E-state index contributed by atoms with van der Waals surface area (Å²) in [6.07, 6.45) is 0.697. The van der Waals surface area contributed by atoms with Crippen LogP contribution in [0, 0.1) is 12.7 Å². The second-order valence-electron chi connectivity index (χ2n) is 7.08. The molecule has 0 spiro atoms. The Kier molecular flexibility index (Phi) is 4.28. The number of fused-ring (bicyclic) bond motifs is 3. The summed E-state index contributed by atoms with van der Waals surface area (Å²) in [5.41, 5.74) is 3.74. The molecule has 1 N–H and O–H groups in total. The lowest BCUT2D eigenvalue weighted by molar-refractivity contribution is 0.206. The highest BCUT2D eigenvalue weighted by atomic mass is 32.1. The van der Waals surface area contributed by atoms with Gasteiger partial charge in [0.05, 0.1) is 12.2 Å². The minimum atomic E-state index is -0.376. The molecule has 0 saturated heterocycles. The van der Waals surface area contributed by atoms with Gasteiger partial charge in [0.2, 0.25) is 4.96 Å². The van der Waals surface area contributed by atoms with Crippen molar-refractivity contribution in [2.75, 3.05) is 11.9 Å². The Morgan fingerprint density at radius 3 is 2.83 bits per heavy atom. The van der Waals surface area contributed by atoms with Gasteiger partial charge in [-0.15, -0.1) is 5.10 Å². The van der Waals surface area contributed by atoms with Crippen molar-refractivity contribution in [2.24, 2.45) is 0 Å². The van der Waals surface area contributed by atoms with E-state index in [-0.39, 0.29) is 11.8 Å². The second kappa shape index (κ2) is 6.97. The largest absolute Gasteiger partial charge is 0.322 e. The van der Waals surface area contributed by atoms with Crippen molar-refractivity contribution in [3.8, 4) is 11.4 Å². The SMILES string of the molecule is Cc1ccc(-c2nc3sc4c(n3n2)CCN(C(=O)Nc2cccc(F)c2)C4)cc1. The van der Waals surface area contributed by atoms with Gasteiger partial charge in [-0.2, -0.15) is 4.98 Å². The number of nitrogens with one attached hydrogen (secondary N) is 1. The molecule has 0 saturated carbocycles. The maximum absolute atomic E-state index is 13.3. The maximum atomic E-state index is 13.3. The molecule has 6 nitrogen and oxygen atoms in total. The van der Waals surface area contributed by atoms with E-state index in [2.05, 4.69) is 34.5 Å². The monoisotopic (exact) mass is 407 g/mol. The molecule has 3 heterocycles. The van der Waals surface area contributed by atoms with E-state index in [1.165, 1.54) is 17.7 Å². The first-order valence-electron chi connectivity index (χ1n) is 9.33. The third-order valence-electron chi connectivity index (χ3n) is 5.00. The Hall–Kier alpha value is -3.26. The molecule has 0 unspecified atom stereocenters. The number of aryl methyl sites for hydroxylation is 1. The first kappa shape index (κ1) is 17.8. The van der Waals surface area contributed by atoms with Crippen LogP contribution in [-0.2, 0) is 13.0 Å². The number of aromatic nitrogens is 3. The van der Waals surface area contributed by atoms with Gasteiger partial charge in [-0.25, -0.2) is 13.7 Å². The Balaban J connectivity index is 1.36. The van der Waals surface area contributed by atoms with Crippen molar-refractivity contribution in [3.63, 3.8) is 0 Å². The predicted molar refractivity (Wildman–Crippen MR) is 111 cm³/mol. The van der Waals surface area contributed by atoms with Crippen LogP contribution >= 0.6 is 11.3 Å². The number of amides is 2. The lowest BCUT2D eigenvalue weighted by Crippen LogP contribution is -2.38. The minimum Gasteiger partial charge on any atom is -0.319 e. The lowest BCUT2D eigenvalue weighted by Gasteiger charge is -2.26. The van der Waals surface area contributed by atoms with E-state index >= 15 is 0 Å². The Bertz CT molecular complexity index is 1210. The van der Waals surface area contributed by atoms with Crippen molar-refractivity contribution in [3.05, 3.63) is 70.5 Å². The number of rotatable bonds is 2. The average Bonchev–Trinajstić information content (AvgIpc) is 3.26. The van der Waals surface area contributed by atoms with Crippen LogP contribution in [-0.4, -0.2) is 32.1 Å². The van der Waals surface area contributed by atoms with E-state index in [1.54, 1.807) is 28.4 Å². The Labute approximate surface area is 170 Å². The highest BCUT2D eigenvalue weighted by Gasteiger charge is 2.26. The van der Waals surface area contributed by atoms with Crippen molar-refractivity contribution in [1.82, 2.24) is 19.5 Å². The molecule has 4 aromatic rings. The molecule has 2 amide bonds. The van der Waals surface area contributed by atoms with Crippen LogP contribution in [0.3, 0.4) is 0 Å².